The average Bonchev–Trinajstić information content (AvgIpc) is 2.49. The number of hydrogen-bond donors (Lipinski definition) is 0. The topological polar surface area (TPSA) is 51.6 Å². The van der Waals surface area contributed by atoms with Crippen molar-refractivity contribution in [2.24, 2.45) is 0 Å². The molecule has 2 heterocycles. The molecule has 0 saturated heterocycles. The van der Waals surface area contributed by atoms with Crippen molar-refractivity contribution in [3.63, 3.8) is 0 Å². The lowest BCUT2D eigenvalue weighted by Gasteiger charge is -2.03. The SMILES string of the molecule is c1ccc(-c2cccc(-c3ncncn3)n2)cc1. The molecule has 3 rings (SSSR count). The van der Waals surface area contributed by atoms with E-state index in [4.69, 9.17) is 0 Å². The van der Waals surface area contributed by atoms with Crippen LogP contribution in [0.3, 0.4) is 0 Å². The standard InChI is InChI=1S/C14H10N4/c1-2-5-11(6-3-1)12-7-4-8-13(18-12)14-16-9-15-10-17-14/h1-10H. The molecule has 4 nitrogen and oxygen atoms in total. The molecule has 0 aliphatic heterocycles. The van der Waals surface area contributed by atoms with Crippen molar-refractivity contribution in [1.29, 1.82) is 0 Å². The molecule has 0 fully saturated rings. The Labute approximate surface area is 104 Å². The zero-order valence-corrected chi connectivity index (χ0v) is 9.56. The van der Waals surface area contributed by atoms with Crippen molar-refractivity contribution in [2.75, 3.05) is 0 Å². The van der Waals surface area contributed by atoms with E-state index in [1.165, 1.54) is 12.7 Å². The Morgan fingerprint density at radius 2 is 1.39 bits per heavy atom. The van der Waals surface area contributed by atoms with Crippen LogP contribution in [0.2, 0.25) is 0 Å². The minimum Gasteiger partial charge on any atom is -0.244 e. The fraction of sp³-hybridized carbons (Fsp3) is 0. The van der Waals surface area contributed by atoms with E-state index >= 15 is 0 Å². The Kier molecular flexibility index (Phi) is 2.75. The molecular formula is C14H10N4. The van der Waals surface area contributed by atoms with Crippen molar-refractivity contribution >= 4 is 0 Å². The zero-order chi connectivity index (χ0) is 12.2. The molecule has 2 aromatic heterocycles. The van der Waals surface area contributed by atoms with Gasteiger partial charge in [0.2, 0.25) is 0 Å². The average molecular weight is 234 g/mol. The molecule has 0 spiro atoms. The molecule has 0 radical (unpaired) electrons. The maximum atomic E-state index is 4.56. The summed E-state index contributed by atoms with van der Waals surface area (Å²) in [5.41, 5.74) is 2.74. The predicted molar refractivity (Wildman–Crippen MR) is 68.5 cm³/mol. The fourth-order valence-corrected chi connectivity index (χ4v) is 1.70. The molecule has 0 aliphatic carbocycles. The normalized spacial score (nSPS) is 10.2. The highest BCUT2D eigenvalue weighted by Gasteiger charge is 2.04. The third-order valence-corrected chi connectivity index (χ3v) is 2.54. The van der Waals surface area contributed by atoms with Crippen molar-refractivity contribution < 1.29 is 0 Å². The Morgan fingerprint density at radius 1 is 0.667 bits per heavy atom. The summed E-state index contributed by atoms with van der Waals surface area (Å²) in [6.07, 6.45) is 2.94. The van der Waals surface area contributed by atoms with Crippen LogP contribution in [0, 0.1) is 0 Å². The Balaban J connectivity index is 2.05. The molecule has 1 aromatic carbocycles. The molecule has 3 aromatic rings. The van der Waals surface area contributed by atoms with E-state index < -0.39 is 0 Å². The lowest BCUT2D eigenvalue weighted by atomic mass is 10.1. The second-order valence-corrected chi connectivity index (χ2v) is 3.74. The first kappa shape index (κ1) is 10.5. The van der Waals surface area contributed by atoms with Gasteiger partial charge in [0.05, 0.1) is 5.69 Å². The van der Waals surface area contributed by atoms with E-state index in [2.05, 4.69) is 19.9 Å². The first-order chi connectivity index (χ1) is 8.93. The summed E-state index contributed by atoms with van der Waals surface area (Å²) in [6, 6.07) is 15.8. The Bertz CT molecular complexity index is 583. The lowest BCUT2D eigenvalue weighted by Crippen LogP contribution is -1.93. The minimum atomic E-state index is 0.586. The monoisotopic (exact) mass is 234 g/mol. The highest BCUT2D eigenvalue weighted by molar-refractivity contribution is 5.62. The zero-order valence-electron chi connectivity index (χ0n) is 9.56. The van der Waals surface area contributed by atoms with Gasteiger partial charge in [0, 0.05) is 5.56 Å². The van der Waals surface area contributed by atoms with E-state index in [9.17, 15) is 0 Å². The summed E-state index contributed by atoms with van der Waals surface area (Å²) in [4.78, 5) is 16.6. The first-order valence-electron chi connectivity index (χ1n) is 5.58. The first-order valence-corrected chi connectivity index (χ1v) is 5.58. The summed E-state index contributed by atoms with van der Waals surface area (Å²) in [6.45, 7) is 0. The molecule has 0 unspecified atom stereocenters. The number of nitrogens with zero attached hydrogens (tertiary/aromatic N) is 4. The van der Waals surface area contributed by atoms with Gasteiger partial charge in [0.25, 0.3) is 0 Å². The van der Waals surface area contributed by atoms with Gasteiger partial charge in [-0.25, -0.2) is 19.9 Å². The highest BCUT2D eigenvalue weighted by Crippen LogP contribution is 2.19. The van der Waals surface area contributed by atoms with E-state index in [0.717, 1.165) is 17.0 Å². The molecule has 86 valence electrons. The number of benzene rings is 1. The van der Waals surface area contributed by atoms with Crippen LogP contribution in [-0.2, 0) is 0 Å². The van der Waals surface area contributed by atoms with Gasteiger partial charge in [-0.05, 0) is 12.1 Å². The van der Waals surface area contributed by atoms with E-state index in [1.807, 2.05) is 48.5 Å². The van der Waals surface area contributed by atoms with Gasteiger partial charge < -0.3 is 0 Å². The van der Waals surface area contributed by atoms with Crippen LogP contribution in [0.25, 0.3) is 22.8 Å². The van der Waals surface area contributed by atoms with Crippen LogP contribution in [0.15, 0.2) is 61.2 Å². The predicted octanol–water partition coefficient (Wildman–Crippen LogP) is 2.60. The molecule has 0 amide bonds. The van der Waals surface area contributed by atoms with Crippen LogP contribution >= 0.6 is 0 Å². The molecule has 0 N–H and O–H groups in total. The van der Waals surface area contributed by atoms with Gasteiger partial charge in [-0.3, -0.25) is 0 Å². The lowest BCUT2D eigenvalue weighted by molar-refractivity contribution is 1.04. The van der Waals surface area contributed by atoms with Gasteiger partial charge in [-0.1, -0.05) is 36.4 Å². The summed E-state index contributed by atoms with van der Waals surface area (Å²) in [5.74, 6) is 0.586. The van der Waals surface area contributed by atoms with Crippen LogP contribution in [0.1, 0.15) is 0 Å². The second kappa shape index (κ2) is 4.71. The van der Waals surface area contributed by atoms with Crippen molar-refractivity contribution in [3.8, 4) is 22.8 Å². The van der Waals surface area contributed by atoms with Gasteiger partial charge in [-0.2, -0.15) is 0 Å². The van der Waals surface area contributed by atoms with Gasteiger partial charge in [0.1, 0.15) is 18.3 Å². The summed E-state index contributed by atoms with van der Waals surface area (Å²) in [5, 5.41) is 0. The van der Waals surface area contributed by atoms with Crippen LogP contribution in [0.5, 0.6) is 0 Å². The van der Waals surface area contributed by atoms with Crippen molar-refractivity contribution in [3.05, 3.63) is 61.2 Å². The molecule has 0 bridgehead atoms. The molecular weight excluding hydrogens is 224 g/mol. The largest absolute Gasteiger partial charge is 0.244 e. The third kappa shape index (κ3) is 2.08. The molecule has 0 aliphatic rings. The number of rotatable bonds is 2. The van der Waals surface area contributed by atoms with E-state index in [-0.39, 0.29) is 0 Å². The molecule has 0 atom stereocenters. The Morgan fingerprint density at radius 3 is 2.17 bits per heavy atom. The highest BCUT2D eigenvalue weighted by atomic mass is 15.0. The molecule has 4 heteroatoms. The van der Waals surface area contributed by atoms with Gasteiger partial charge in [0.15, 0.2) is 5.82 Å². The number of pyridine rings is 1. The number of aromatic nitrogens is 4. The summed E-state index contributed by atoms with van der Waals surface area (Å²) < 4.78 is 0. The van der Waals surface area contributed by atoms with Gasteiger partial charge in [-0.15, -0.1) is 0 Å². The van der Waals surface area contributed by atoms with Gasteiger partial charge >= 0.3 is 0 Å². The van der Waals surface area contributed by atoms with Crippen LogP contribution in [0.4, 0.5) is 0 Å². The fourth-order valence-electron chi connectivity index (χ4n) is 1.70. The Hall–Kier alpha value is -2.62. The van der Waals surface area contributed by atoms with Crippen LogP contribution < -0.4 is 0 Å². The maximum Gasteiger partial charge on any atom is 0.181 e. The molecule has 0 saturated carbocycles. The van der Waals surface area contributed by atoms with Crippen LogP contribution in [-0.4, -0.2) is 19.9 Å². The number of hydrogen-bond acceptors (Lipinski definition) is 4. The van der Waals surface area contributed by atoms with E-state index in [1.54, 1.807) is 0 Å². The molecule has 18 heavy (non-hydrogen) atoms. The quantitative estimate of drug-likeness (QED) is 0.684. The third-order valence-electron chi connectivity index (χ3n) is 2.54. The van der Waals surface area contributed by atoms with E-state index in [0.29, 0.717) is 5.82 Å². The maximum absolute atomic E-state index is 4.56. The summed E-state index contributed by atoms with van der Waals surface area (Å²) >= 11 is 0. The summed E-state index contributed by atoms with van der Waals surface area (Å²) in [7, 11) is 0. The van der Waals surface area contributed by atoms with Crippen molar-refractivity contribution in [2.45, 2.75) is 0 Å². The minimum absolute atomic E-state index is 0.586. The smallest absolute Gasteiger partial charge is 0.181 e. The second-order valence-electron chi connectivity index (χ2n) is 3.74. The van der Waals surface area contributed by atoms with Crippen molar-refractivity contribution in [1.82, 2.24) is 19.9 Å².